The standard InChI is InChI=1S/C26H25N7O/c1-17-7-23(26-20(9-27)12-30-33(26)13-17)19-4-5-24(28-11-19)31-15-21-8-22(16-31)32(21)14-18-3-6-25(34-2)29-10-18/h3-7,10-13,21-22H,8,14-16H2,1-2H3. The van der Waals surface area contributed by atoms with E-state index in [1.54, 1.807) is 17.8 Å². The van der Waals surface area contributed by atoms with Crippen LogP contribution in [-0.2, 0) is 6.54 Å². The highest BCUT2D eigenvalue weighted by Gasteiger charge is 2.44. The zero-order chi connectivity index (χ0) is 23.2. The molecule has 3 aliphatic heterocycles. The zero-order valence-electron chi connectivity index (χ0n) is 19.2. The third-order valence-corrected chi connectivity index (χ3v) is 6.97. The van der Waals surface area contributed by atoms with Gasteiger partial charge in [-0.1, -0.05) is 6.07 Å². The van der Waals surface area contributed by atoms with Crippen LogP contribution in [0.2, 0.25) is 0 Å². The summed E-state index contributed by atoms with van der Waals surface area (Å²) >= 11 is 0. The quantitative estimate of drug-likeness (QED) is 0.460. The lowest BCUT2D eigenvalue weighted by Crippen LogP contribution is -2.68. The molecule has 170 valence electrons. The lowest BCUT2D eigenvalue weighted by atomic mass is 9.87. The van der Waals surface area contributed by atoms with E-state index in [0.29, 0.717) is 23.5 Å². The number of hydrogen-bond acceptors (Lipinski definition) is 7. The summed E-state index contributed by atoms with van der Waals surface area (Å²) in [4.78, 5) is 14.1. The highest BCUT2D eigenvalue weighted by atomic mass is 16.5. The third-order valence-electron chi connectivity index (χ3n) is 6.97. The number of methoxy groups -OCH3 is 1. The Hall–Kier alpha value is -3.96. The van der Waals surface area contributed by atoms with Crippen molar-refractivity contribution in [3.8, 4) is 23.1 Å². The van der Waals surface area contributed by atoms with E-state index >= 15 is 0 Å². The Morgan fingerprint density at radius 2 is 1.94 bits per heavy atom. The van der Waals surface area contributed by atoms with Crippen LogP contribution >= 0.6 is 0 Å². The predicted octanol–water partition coefficient (Wildman–Crippen LogP) is 3.44. The minimum Gasteiger partial charge on any atom is -0.481 e. The minimum absolute atomic E-state index is 0.531. The number of nitriles is 1. The molecule has 2 unspecified atom stereocenters. The number of pyridine rings is 3. The first-order chi connectivity index (χ1) is 16.6. The van der Waals surface area contributed by atoms with Crippen LogP contribution in [-0.4, -0.2) is 56.8 Å². The van der Waals surface area contributed by atoms with Crippen LogP contribution in [0.4, 0.5) is 5.82 Å². The Balaban J connectivity index is 1.18. The fourth-order valence-electron chi connectivity index (χ4n) is 5.26. The molecule has 0 saturated carbocycles. The fraction of sp³-hybridized carbons (Fsp3) is 0.308. The number of hydrogen-bond donors (Lipinski definition) is 0. The molecule has 8 heteroatoms. The van der Waals surface area contributed by atoms with Crippen molar-refractivity contribution in [2.75, 3.05) is 25.1 Å². The summed E-state index contributed by atoms with van der Waals surface area (Å²) < 4.78 is 6.95. The van der Waals surface area contributed by atoms with Crippen LogP contribution < -0.4 is 9.64 Å². The molecule has 7 heterocycles. The van der Waals surface area contributed by atoms with Crippen molar-refractivity contribution < 1.29 is 4.74 Å². The molecule has 3 saturated heterocycles. The number of piperidine rings is 1. The lowest BCUT2D eigenvalue weighted by Gasteiger charge is -2.56. The fourth-order valence-corrected chi connectivity index (χ4v) is 5.26. The molecule has 3 fully saturated rings. The minimum atomic E-state index is 0.531. The van der Waals surface area contributed by atoms with Gasteiger partial charge in [-0.15, -0.1) is 0 Å². The number of fused-ring (bicyclic) bond motifs is 3. The van der Waals surface area contributed by atoms with Gasteiger partial charge in [-0.05, 0) is 42.7 Å². The zero-order valence-corrected chi connectivity index (χ0v) is 19.2. The van der Waals surface area contributed by atoms with Crippen LogP contribution in [0, 0.1) is 18.3 Å². The van der Waals surface area contributed by atoms with Crippen molar-refractivity contribution in [1.82, 2.24) is 24.5 Å². The molecule has 0 N–H and O–H groups in total. The number of aromatic nitrogens is 4. The second-order valence-electron chi connectivity index (χ2n) is 9.13. The number of rotatable bonds is 5. The molecule has 2 bridgehead atoms. The Kier molecular flexibility index (Phi) is 4.93. The summed E-state index contributed by atoms with van der Waals surface area (Å²) in [5.41, 5.74) is 5.67. The number of nitrogens with zero attached hydrogens (tertiary/aromatic N) is 7. The molecule has 2 atom stereocenters. The van der Waals surface area contributed by atoms with Crippen molar-refractivity contribution in [2.24, 2.45) is 0 Å². The van der Waals surface area contributed by atoms with Crippen molar-refractivity contribution in [2.45, 2.75) is 32.0 Å². The second kappa shape index (κ2) is 8.12. The van der Waals surface area contributed by atoms with Gasteiger partial charge in [0.2, 0.25) is 5.88 Å². The molecule has 0 amide bonds. The molecule has 0 radical (unpaired) electrons. The molecule has 0 spiro atoms. The first kappa shape index (κ1) is 20.6. The summed E-state index contributed by atoms with van der Waals surface area (Å²) in [5.74, 6) is 1.65. The van der Waals surface area contributed by atoms with E-state index in [0.717, 1.165) is 47.7 Å². The molecule has 8 nitrogen and oxygen atoms in total. The number of aryl methyl sites for hydroxylation is 1. The smallest absolute Gasteiger partial charge is 0.212 e. The van der Waals surface area contributed by atoms with Gasteiger partial charge in [0.1, 0.15) is 11.9 Å². The van der Waals surface area contributed by atoms with Gasteiger partial charge in [-0.25, -0.2) is 14.5 Å². The first-order valence-electron chi connectivity index (χ1n) is 11.5. The number of anilines is 1. The molecule has 4 aromatic heterocycles. The normalized spacial score (nSPS) is 19.6. The molecule has 3 aliphatic rings. The Morgan fingerprint density at radius 3 is 2.62 bits per heavy atom. The maximum Gasteiger partial charge on any atom is 0.212 e. The van der Waals surface area contributed by atoms with Crippen LogP contribution in [0.3, 0.4) is 0 Å². The average molecular weight is 452 g/mol. The Bertz CT molecular complexity index is 1380. The van der Waals surface area contributed by atoms with Gasteiger partial charge in [-0.3, -0.25) is 4.90 Å². The topological polar surface area (TPSA) is 82.6 Å². The van der Waals surface area contributed by atoms with Crippen molar-refractivity contribution in [3.05, 3.63) is 71.8 Å². The number of piperazine rings is 1. The van der Waals surface area contributed by atoms with Gasteiger partial charge >= 0.3 is 0 Å². The largest absolute Gasteiger partial charge is 0.481 e. The summed E-state index contributed by atoms with van der Waals surface area (Å²) in [6.07, 6.45) is 8.62. The van der Waals surface area contributed by atoms with Crippen LogP contribution in [0.25, 0.3) is 16.6 Å². The molecule has 0 aliphatic carbocycles. The summed E-state index contributed by atoms with van der Waals surface area (Å²) in [7, 11) is 1.64. The summed E-state index contributed by atoms with van der Waals surface area (Å²) in [5, 5.41) is 13.8. The molecule has 0 aromatic carbocycles. The first-order valence-corrected chi connectivity index (χ1v) is 11.5. The van der Waals surface area contributed by atoms with Gasteiger partial charge in [0.25, 0.3) is 0 Å². The maximum atomic E-state index is 9.51. The van der Waals surface area contributed by atoms with Gasteiger partial charge in [0.15, 0.2) is 0 Å². The van der Waals surface area contributed by atoms with Crippen LogP contribution in [0.5, 0.6) is 5.88 Å². The van der Waals surface area contributed by atoms with Crippen molar-refractivity contribution >= 4 is 11.3 Å². The van der Waals surface area contributed by atoms with E-state index in [4.69, 9.17) is 9.72 Å². The Labute approximate surface area is 198 Å². The van der Waals surface area contributed by atoms with Gasteiger partial charge in [-0.2, -0.15) is 10.4 Å². The maximum absolute atomic E-state index is 9.51. The lowest BCUT2D eigenvalue weighted by molar-refractivity contribution is -0.00876. The number of ether oxygens (including phenoxy) is 1. The third kappa shape index (κ3) is 3.45. The van der Waals surface area contributed by atoms with Crippen LogP contribution in [0.15, 0.2) is 55.1 Å². The average Bonchev–Trinajstić information content (AvgIpc) is 3.30. The van der Waals surface area contributed by atoms with Crippen LogP contribution in [0.1, 0.15) is 23.1 Å². The van der Waals surface area contributed by atoms with E-state index in [9.17, 15) is 5.26 Å². The van der Waals surface area contributed by atoms with E-state index < -0.39 is 0 Å². The summed E-state index contributed by atoms with van der Waals surface area (Å²) in [6, 6.07) is 13.6. The van der Waals surface area contributed by atoms with Crippen molar-refractivity contribution in [1.29, 1.82) is 5.26 Å². The molecular formula is C26H25N7O. The highest BCUT2D eigenvalue weighted by molar-refractivity contribution is 5.84. The van der Waals surface area contributed by atoms with Gasteiger partial charge in [0, 0.05) is 67.5 Å². The molecule has 4 aromatic rings. The predicted molar refractivity (Wildman–Crippen MR) is 129 cm³/mol. The van der Waals surface area contributed by atoms with Gasteiger partial charge in [0.05, 0.1) is 24.4 Å². The van der Waals surface area contributed by atoms with E-state index in [2.05, 4.69) is 50.2 Å². The SMILES string of the molecule is COc1ccc(CN2C3CC2CN(c2ccc(-c4cc(C)cn5ncc(C#N)c45)cn2)C3)cn1. The van der Waals surface area contributed by atoms with Gasteiger partial charge < -0.3 is 9.64 Å². The van der Waals surface area contributed by atoms with E-state index in [-0.39, 0.29) is 0 Å². The van der Waals surface area contributed by atoms with E-state index in [1.807, 2.05) is 31.6 Å². The van der Waals surface area contributed by atoms with Crippen molar-refractivity contribution in [3.63, 3.8) is 0 Å². The molecule has 34 heavy (non-hydrogen) atoms. The summed E-state index contributed by atoms with van der Waals surface area (Å²) in [6.45, 7) is 4.90. The Morgan fingerprint density at radius 1 is 1.09 bits per heavy atom. The highest BCUT2D eigenvalue weighted by Crippen LogP contribution is 2.36. The molecule has 7 rings (SSSR count). The monoisotopic (exact) mass is 451 g/mol. The van der Waals surface area contributed by atoms with E-state index in [1.165, 1.54) is 12.0 Å². The second-order valence-corrected chi connectivity index (χ2v) is 9.13. The molecular weight excluding hydrogens is 426 g/mol.